The molecular formula is C13H25NO. The molecule has 0 aromatic rings. The van der Waals surface area contributed by atoms with E-state index in [0.29, 0.717) is 6.04 Å². The zero-order valence-electron chi connectivity index (χ0n) is 9.79. The first-order chi connectivity index (χ1) is 7.34. The topological polar surface area (TPSA) is 35.2 Å². The Balaban J connectivity index is 1.64. The fourth-order valence-corrected chi connectivity index (χ4v) is 3.14. The second-order valence-electron chi connectivity index (χ2n) is 5.47. The van der Waals surface area contributed by atoms with Crippen molar-refractivity contribution in [2.75, 3.05) is 13.2 Å². The van der Waals surface area contributed by atoms with Crippen LogP contribution in [0, 0.1) is 11.8 Å². The normalized spacial score (nSPS) is 30.6. The summed E-state index contributed by atoms with van der Waals surface area (Å²) in [6.45, 7) is 1.92. The van der Waals surface area contributed by atoms with Crippen LogP contribution in [0.2, 0.25) is 0 Å². The average Bonchev–Trinajstić information content (AvgIpc) is 2.71. The van der Waals surface area contributed by atoms with Crippen molar-refractivity contribution in [2.24, 2.45) is 17.6 Å². The van der Waals surface area contributed by atoms with Crippen LogP contribution < -0.4 is 5.73 Å². The highest BCUT2D eigenvalue weighted by Gasteiger charge is 2.21. The lowest BCUT2D eigenvalue weighted by Gasteiger charge is -2.25. The van der Waals surface area contributed by atoms with E-state index in [2.05, 4.69) is 0 Å². The summed E-state index contributed by atoms with van der Waals surface area (Å²) in [4.78, 5) is 0. The van der Waals surface area contributed by atoms with Gasteiger partial charge in [-0.15, -0.1) is 0 Å². The summed E-state index contributed by atoms with van der Waals surface area (Å²) in [5.41, 5.74) is 6.23. The van der Waals surface area contributed by atoms with Crippen LogP contribution in [0.5, 0.6) is 0 Å². The van der Waals surface area contributed by atoms with Gasteiger partial charge in [0, 0.05) is 19.3 Å². The Labute approximate surface area is 93.6 Å². The van der Waals surface area contributed by atoms with Crippen LogP contribution >= 0.6 is 0 Å². The molecule has 1 saturated heterocycles. The molecule has 2 rings (SSSR count). The fourth-order valence-electron chi connectivity index (χ4n) is 3.14. The van der Waals surface area contributed by atoms with E-state index >= 15 is 0 Å². The molecule has 1 saturated carbocycles. The van der Waals surface area contributed by atoms with E-state index in [1.165, 1.54) is 51.4 Å². The van der Waals surface area contributed by atoms with E-state index in [9.17, 15) is 0 Å². The smallest absolute Gasteiger partial charge is 0.0495 e. The zero-order valence-corrected chi connectivity index (χ0v) is 9.79. The first-order valence-corrected chi connectivity index (χ1v) is 6.68. The lowest BCUT2D eigenvalue weighted by molar-refractivity contribution is 0.181. The zero-order chi connectivity index (χ0) is 10.5. The monoisotopic (exact) mass is 211 g/mol. The largest absolute Gasteiger partial charge is 0.381 e. The summed E-state index contributed by atoms with van der Waals surface area (Å²) >= 11 is 0. The van der Waals surface area contributed by atoms with Gasteiger partial charge in [0.2, 0.25) is 0 Å². The van der Waals surface area contributed by atoms with Crippen LogP contribution in [0.3, 0.4) is 0 Å². The third-order valence-electron chi connectivity index (χ3n) is 4.02. The maximum absolute atomic E-state index is 6.23. The van der Waals surface area contributed by atoms with E-state index in [-0.39, 0.29) is 0 Å². The molecule has 15 heavy (non-hydrogen) atoms. The standard InChI is InChI=1S/C13H25NO/c14-13(9-12-6-7-15-10-12)8-11-4-2-1-3-5-11/h11-13H,1-10,14H2. The van der Waals surface area contributed by atoms with Crippen molar-refractivity contribution in [2.45, 2.75) is 57.4 Å². The lowest BCUT2D eigenvalue weighted by Crippen LogP contribution is -2.27. The first kappa shape index (κ1) is 11.4. The third kappa shape index (κ3) is 3.76. The molecule has 2 fully saturated rings. The maximum atomic E-state index is 6.23. The molecule has 2 unspecified atom stereocenters. The number of hydrogen-bond acceptors (Lipinski definition) is 2. The van der Waals surface area contributed by atoms with E-state index in [4.69, 9.17) is 10.5 Å². The molecule has 1 aliphatic heterocycles. The lowest BCUT2D eigenvalue weighted by atomic mass is 9.83. The van der Waals surface area contributed by atoms with Crippen LogP contribution in [0.15, 0.2) is 0 Å². The van der Waals surface area contributed by atoms with E-state index in [1.54, 1.807) is 0 Å². The van der Waals surface area contributed by atoms with Crippen molar-refractivity contribution in [1.82, 2.24) is 0 Å². The molecule has 2 N–H and O–H groups in total. The minimum atomic E-state index is 0.430. The second-order valence-corrected chi connectivity index (χ2v) is 5.47. The Morgan fingerprint density at radius 3 is 2.40 bits per heavy atom. The molecule has 1 heterocycles. The summed E-state index contributed by atoms with van der Waals surface area (Å²) in [5, 5.41) is 0. The number of nitrogens with two attached hydrogens (primary N) is 1. The summed E-state index contributed by atoms with van der Waals surface area (Å²) in [5.74, 6) is 1.68. The molecule has 1 aliphatic carbocycles. The second kappa shape index (κ2) is 5.86. The molecular weight excluding hydrogens is 186 g/mol. The van der Waals surface area contributed by atoms with Crippen molar-refractivity contribution in [1.29, 1.82) is 0 Å². The summed E-state index contributed by atoms with van der Waals surface area (Å²) in [6.07, 6.45) is 10.9. The minimum absolute atomic E-state index is 0.430. The number of rotatable bonds is 4. The van der Waals surface area contributed by atoms with Crippen LogP contribution in [0.1, 0.15) is 51.4 Å². The highest BCUT2D eigenvalue weighted by atomic mass is 16.5. The van der Waals surface area contributed by atoms with Gasteiger partial charge in [-0.3, -0.25) is 0 Å². The molecule has 2 aliphatic rings. The van der Waals surface area contributed by atoms with Gasteiger partial charge in [-0.1, -0.05) is 32.1 Å². The van der Waals surface area contributed by atoms with E-state index < -0.39 is 0 Å². The molecule has 0 amide bonds. The van der Waals surface area contributed by atoms with Gasteiger partial charge in [0.1, 0.15) is 0 Å². The van der Waals surface area contributed by atoms with Crippen LogP contribution in [0.25, 0.3) is 0 Å². The first-order valence-electron chi connectivity index (χ1n) is 6.68. The van der Waals surface area contributed by atoms with Gasteiger partial charge in [-0.2, -0.15) is 0 Å². The third-order valence-corrected chi connectivity index (χ3v) is 4.02. The Morgan fingerprint density at radius 2 is 1.73 bits per heavy atom. The van der Waals surface area contributed by atoms with Crippen molar-refractivity contribution in [3.63, 3.8) is 0 Å². The molecule has 88 valence electrons. The van der Waals surface area contributed by atoms with Crippen molar-refractivity contribution in [3.05, 3.63) is 0 Å². The highest BCUT2D eigenvalue weighted by molar-refractivity contribution is 4.76. The Morgan fingerprint density at radius 1 is 1.00 bits per heavy atom. The van der Waals surface area contributed by atoms with Gasteiger partial charge in [0.25, 0.3) is 0 Å². The van der Waals surface area contributed by atoms with Crippen molar-refractivity contribution >= 4 is 0 Å². The number of ether oxygens (including phenoxy) is 1. The van der Waals surface area contributed by atoms with Crippen molar-refractivity contribution in [3.8, 4) is 0 Å². The van der Waals surface area contributed by atoms with Crippen molar-refractivity contribution < 1.29 is 4.74 Å². The fraction of sp³-hybridized carbons (Fsp3) is 1.00. The predicted octanol–water partition coefficient (Wildman–Crippen LogP) is 2.71. The Kier molecular flexibility index (Phi) is 4.45. The number of hydrogen-bond donors (Lipinski definition) is 1. The van der Waals surface area contributed by atoms with Crippen LogP contribution in [-0.4, -0.2) is 19.3 Å². The summed E-state index contributed by atoms with van der Waals surface area (Å²) in [7, 11) is 0. The molecule has 0 aromatic heterocycles. The molecule has 2 atom stereocenters. The van der Waals surface area contributed by atoms with Gasteiger partial charge in [0.15, 0.2) is 0 Å². The highest BCUT2D eigenvalue weighted by Crippen LogP contribution is 2.29. The van der Waals surface area contributed by atoms with Gasteiger partial charge >= 0.3 is 0 Å². The maximum Gasteiger partial charge on any atom is 0.0495 e. The SMILES string of the molecule is NC(CC1CCCCC1)CC1CCOC1. The van der Waals surface area contributed by atoms with Gasteiger partial charge < -0.3 is 10.5 Å². The van der Waals surface area contributed by atoms with E-state index in [1.807, 2.05) is 0 Å². The average molecular weight is 211 g/mol. The molecule has 0 radical (unpaired) electrons. The predicted molar refractivity (Wildman–Crippen MR) is 62.7 cm³/mol. The summed E-state index contributed by atoms with van der Waals surface area (Å²) < 4.78 is 5.39. The van der Waals surface area contributed by atoms with Gasteiger partial charge in [-0.05, 0) is 31.1 Å². The minimum Gasteiger partial charge on any atom is -0.381 e. The summed E-state index contributed by atoms with van der Waals surface area (Å²) in [6, 6.07) is 0.430. The van der Waals surface area contributed by atoms with Gasteiger partial charge in [0.05, 0.1) is 0 Å². The van der Waals surface area contributed by atoms with Crippen LogP contribution in [-0.2, 0) is 4.74 Å². The molecule has 2 heteroatoms. The van der Waals surface area contributed by atoms with Gasteiger partial charge in [-0.25, -0.2) is 0 Å². The molecule has 0 spiro atoms. The molecule has 0 bridgehead atoms. The quantitative estimate of drug-likeness (QED) is 0.776. The van der Waals surface area contributed by atoms with Crippen LogP contribution in [0.4, 0.5) is 0 Å². The van der Waals surface area contributed by atoms with E-state index in [0.717, 1.165) is 25.0 Å². The Hall–Kier alpha value is -0.0800. The Bertz CT molecular complexity index is 171. The molecule has 0 aromatic carbocycles. The molecule has 2 nitrogen and oxygen atoms in total.